The molecule has 2 atom stereocenters. The first kappa shape index (κ1) is 11.3. The number of likely N-dealkylation sites (N-methyl/N-ethyl adjacent to an activating group) is 1. The molecule has 0 radical (unpaired) electrons. The van der Waals surface area contributed by atoms with Crippen LogP contribution in [0.2, 0.25) is 0 Å². The summed E-state index contributed by atoms with van der Waals surface area (Å²) in [4.78, 5) is 0. The van der Waals surface area contributed by atoms with Crippen molar-refractivity contribution < 1.29 is 9.47 Å². The van der Waals surface area contributed by atoms with Gasteiger partial charge in [0.15, 0.2) is 11.5 Å². The van der Waals surface area contributed by atoms with Crippen LogP contribution in [0.5, 0.6) is 11.5 Å². The summed E-state index contributed by atoms with van der Waals surface area (Å²) in [5.74, 6) is 1.65. The third-order valence-corrected chi connectivity index (χ3v) is 3.17. The number of para-hydroxylation sites is 2. The highest BCUT2D eigenvalue weighted by atomic mass is 16.5. The SMILES string of the molecule is CNC1CCCC1Oc1ccccc1OC. The Morgan fingerprint density at radius 2 is 1.94 bits per heavy atom. The first-order valence-electron chi connectivity index (χ1n) is 5.82. The number of methoxy groups -OCH3 is 1. The second kappa shape index (κ2) is 5.21. The predicted octanol–water partition coefficient (Wildman–Crippen LogP) is 2.21. The summed E-state index contributed by atoms with van der Waals surface area (Å²) in [6, 6.07) is 8.28. The molecule has 16 heavy (non-hydrogen) atoms. The van der Waals surface area contributed by atoms with E-state index in [2.05, 4.69) is 5.32 Å². The molecule has 1 aliphatic rings. The zero-order valence-electron chi connectivity index (χ0n) is 9.90. The van der Waals surface area contributed by atoms with Gasteiger partial charge in [0.1, 0.15) is 6.10 Å². The molecule has 1 saturated carbocycles. The normalized spacial score (nSPS) is 24.4. The Balaban J connectivity index is 2.08. The van der Waals surface area contributed by atoms with Crippen molar-refractivity contribution in [2.45, 2.75) is 31.4 Å². The predicted molar refractivity (Wildman–Crippen MR) is 64.1 cm³/mol. The van der Waals surface area contributed by atoms with E-state index in [1.54, 1.807) is 7.11 Å². The number of rotatable bonds is 4. The number of nitrogens with one attached hydrogen (secondary N) is 1. The van der Waals surface area contributed by atoms with E-state index in [1.807, 2.05) is 31.3 Å². The fourth-order valence-corrected chi connectivity index (χ4v) is 2.28. The molecule has 0 bridgehead atoms. The van der Waals surface area contributed by atoms with Gasteiger partial charge >= 0.3 is 0 Å². The summed E-state index contributed by atoms with van der Waals surface area (Å²) < 4.78 is 11.3. The molecule has 1 fully saturated rings. The van der Waals surface area contributed by atoms with Crippen LogP contribution in [0.15, 0.2) is 24.3 Å². The van der Waals surface area contributed by atoms with Gasteiger partial charge in [-0.3, -0.25) is 0 Å². The monoisotopic (exact) mass is 221 g/mol. The zero-order chi connectivity index (χ0) is 11.4. The van der Waals surface area contributed by atoms with Crippen molar-refractivity contribution in [2.24, 2.45) is 0 Å². The minimum atomic E-state index is 0.265. The van der Waals surface area contributed by atoms with Gasteiger partial charge in [-0.25, -0.2) is 0 Å². The number of hydrogen-bond acceptors (Lipinski definition) is 3. The van der Waals surface area contributed by atoms with Gasteiger partial charge < -0.3 is 14.8 Å². The maximum atomic E-state index is 6.01. The molecule has 0 amide bonds. The van der Waals surface area contributed by atoms with Gasteiger partial charge in [-0.1, -0.05) is 12.1 Å². The fraction of sp³-hybridized carbons (Fsp3) is 0.538. The Kier molecular flexibility index (Phi) is 3.67. The van der Waals surface area contributed by atoms with Crippen LogP contribution in [0.25, 0.3) is 0 Å². The standard InChI is InChI=1S/C13H19NO2/c1-14-10-6-5-9-11(10)16-13-8-4-3-7-12(13)15-2/h3-4,7-8,10-11,14H,5-6,9H2,1-2H3. The molecule has 0 aromatic heterocycles. The van der Waals surface area contributed by atoms with E-state index in [9.17, 15) is 0 Å². The van der Waals surface area contributed by atoms with Crippen molar-refractivity contribution in [1.29, 1.82) is 0 Å². The summed E-state index contributed by atoms with van der Waals surface area (Å²) in [6.07, 6.45) is 3.80. The lowest BCUT2D eigenvalue weighted by Gasteiger charge is -2.21. The van der Waals surface area contributed by atoms with Crippen LogP contribution in [0, 0.1) is 0 Å². The smallest absolute Gasteiger partial charge is 0.161 e. The van der Waals surface area contributed by atoms with Crippen LogP contribution in [0.4, 0.5) is 0 Å². The lowest BCUT2D eigenvalue weighted by atomic mass is 10.2. The van der Waals surface area contributed by atoms with Crippen LogP contribution >= 0.6 is 0 Å². The fourth-order valence-electron chi connectivity index (χ4n) is 2.28. The van der Waals surface area contributed by atoms with Gasteiger partial charge in [0.2, 0.25) is 0 Å². The van der Waals surface area contributed by atoms with Crippen LogP contribution < -0.4 is 14.8 Å². The first-order valence-corrected chi connectivity index (χ1v) is 5.82. The van der Waals surface area contributed by atoms with E-state index in [0.717, 1.165) is 17.9 Å². The van der Waals surface area contributed by atoms with Crippen molar-refractivity contribution in [1.82, 2.24) is 5.32 Å². The van der Waals surface area contributed by atoms with E-state index >= 15 is 0 Å². The topological polar surface area (TPSA) is 30.5 Å². The van der Waals surface area contributed by atoms with Gasteiger partial charge in [0.05, 0.1) is 7.11 Å². The quantitative estimate of drug-likeness (QED) is 0.845. The van der Waals surface area contributed by atoms with Crippen molar-refractivity contribution in [3.63, 3.8) is 0 Å². The Morgan fingerprint density at radius 3 is 2.62 bits per heavy atom. The van der Waals surface area contributed by atoms with Crippen LogP contribution in [-0.2, 0) is 0 Å². The second-order valence-electron chi connectivity index (χ2n) is 4.13. The molecule has 1 aromatic rings. The summed E-state index contributed by atoms with van der Waals surface area (Å²) in [5, 5.41) is 3.31. The zero-order valence-corrected chi connectivity index (χ0v) is 9.90. The maximum Gasteiger partial charge on any atom is 0.161 e. The molecule has 88 valence electrons. The average Bonchev–Trinajstić information content (AvgIpc) is 2.77. The molecule has 1 aromatic carbocycles. The molecule has 3 nitrogen and oxygen atoms in total. The summed E-state index contributed by atoms with van der Waals surface area (Å²) in [5.41, 5.74) is 0. The lowest BCUT2D eigenvalue weighted by molar-refractivity contribution is 0.172. The minimum absolute atomic E-state index is 0.265. The second-order valence-corrected chi connectivity index (χ2v) is 4.13. The molecule has 0 spiro atoms. The van der Waals surface area contributed by atoms with Gasteiger partial charge in [-0.05, 0) is 38.4 Å². The van der Waals surface area contributed by atoms with Crippen molar-refractivity contribution in [3.8, 4) is 11.5 Å². The van der Waals surface area contributed by atoms with Crippen molar-refractivity contribution >= 4 is 0 Å². The van der Waals surface area contributed by atoms with E-state index < -0.39 is 0 Å². The molecule has 1 aliphatic carbocycles. The van der Waals surface area contributed by atoms with Crippen molar-refractivity contribution in [2.75, 3.05) is 14.2 Å². The highest BCUT2D eigenvalue weighted by Gasteiger charge is 2.28. The maximum absolute atomic E-state index is 6.01. The Labute approximate surface area is 96.8 Å². The molecule has 2 unspecified atom stereocenters. The Hall–Kier alpha value is -1.22. The Morgan fingerprint density at radius 1 is 1.19 bits per heavy atom. The van der Waals surface area contributed by atoms with Gasteiger partial charge in [-0.15, -0.1) is 0 Å². The van der Waals surface area contributed by atoms with E-state index in [1.165, 1.54) is 12.8 Å². The Bertz CT molecular complexity index is 340. The molecular formula is C13H19NO2. The van der Waals surface area contributed by atoms with E-state index in [4.69, 9.17) is 9.47 Å². The van der Waals surface area contributed by atoms with Crippen LogP contribution in [0.3, 0.4) is 0 Å². The van der Waals surface area contributed by atoms with Crippen molar-refractivity contribution in [3.05, 3.63) is 24.3 Å². The largest absolute Gasteiger partial charge is 0.493 e. The molecular weight excluding hydrogens is 202 g/mol. The third-order valence-electron chi connectivity index (χ3n) is 3.17. The third kappa shape index (κ3) is 2.30. The highest BCUT2D eigenvalue weighted by Crippen LogP contribution is 2.31. The highest BCUT2D eigenvalue weighted by molar-refractivity contribution is 5.39. The summed E-state index contributed by atoms with van der Waals surface area (Å²) in [7, 11) is 3.67. The minimum Gasteiger partial charge on any atom is -0.493 e. The molecule has 1 N–H and O–H groups in total. The number of ether oxygens (including phenoxy) is 2. The van der Waals surface area contributed by atoms with Gasteiger partial charge in [-0.2, -0.15) is 0 Å². The van der Waals surface area contributed by atoms with E-state index in [-0.39, 0.29) is 6.10 Å². The lowest BCUT2D eigenvalue weighted by Crippen LogP contribution is -2.36. The van der Waals surface area contributed by atoms with E-state index in [0.29, 0.717) is 6.04 Å². The molecule has 3 heteroatoms. The first-order chi connectivity index (χ1) is 7.85. The molecule has 0 aliphatic heterocycles. The number of benzene rings is 1. The molecule has 0 saturated heterocycles. The average molecular weight is 221 g/mol. The van der Waals surface area contributed by atoms with Gasteiger partial charge in [0.25, 0.3) is 0 Å². The summed E-state index contributed by atoms with van der Waals surface area (Å²) >= 11 is 0. The summed E-state index contributed by atoms with van der Waals surface area (Å²) in [6.45, 7) is 0. The number of hydrogen-bond donors (Lipinski definition) is 1. The van der Waals surface area contributed by atoms with Gasteiger partial charge in [0, 0.05) is 6.04 Å². The molecule has 0 heterocycles. The van der Waals surface area contributed by atoms with Crippen LogP contribution in [-0.4, -0.2) is 26.3 Å². The molecule has 2 rings (SSSR count). The van der Waals surface area contributed by atoms with Crippen LogP contribution in [0.1, 0.15) is 19.3 Å².